The monoisotopic (exact) mass is 364 g/mol. The fourth-order valence-corrected chi connectivity index (χ4v) is 2.14. The molecule has 2 rings (SSSR count). The molecule has 116 valence electrons. The third-order valence-electron chi connectivity index (χ3n) is 3.05. The van der Waals surface area contributed by atoms with Gasteiger partial charge in [0.25, 0.3) is 5.91 Å². The fourth-order valence-electron chi connectivity index (χ4n) is 1.89. The van der Waals surface area contributed by atoms with Crippen LogP contribution >= 0.6 is 15.9 Å². The predicted octanol–water partition coefficient (Wildman–Crippen LogP) is 3.50. The third kappa shape index (κ3) is 4.73. The van der Waals surface area contributed by atoms with Crippen molar-refractivity contribution in [2.75, 3.05) is 11.9 Å². The number of carbonyl (C=O) groups is 2. The molecule has 6 heteroatoms. The molecule has 0 aliphatic heterocycles. The zero-order valence-corrected chi connectivity index (χ0v) is 13.8. The lowest BCUT2D eigenvalue weighted by Crippen LogP contribution is -2.25. The van der Waals surface area contributed by atoms with E-state index in [1.807, 2.05) is 25.1 Å². The first-order chi connectivity index (χ1) is 10.6. The zero-order valence-electron chi connectivity index (χ0n) is 12.2. The molecule has 0 aliphatic carbocycles. The van der Waals surface area contributed by atoms with Crippen molar-refractivity contribution in [1.82, 2.24) is 5.32 Å². The molecule has 0 spiro atoms. The average molecular weight is 365 g/mol. The molecule has 5 nitrogen and oxygen atoms in total. The lowest BCUT2D eigenvalue weighted by Gasteiger charge is -2.07. The Morgan fingerprint density at radius 3 is 2.77 bits per heavy atom. The number of carbonyl (C=O) groups excluding carboxylic acids is 2. The smallest absolute Gasteiger partial charge is 0.286 e. The molecule has 2 aromatic rings. The van der Waals surface area contributed by atoms with E-state index in [-0.39, 0.29) is 17.6 Å². The van der Waals surface area contributed by atoms with Gasteiger partial charge in [0, 0.05) is 23.1 Å². The van der Waals surface area contributed by atoms with Crippen molar-refractivity contribution in [3.05, 3.63) is 52.4 Å². The Hall–Kier alpha value is -2.08. The van der Waals surface area contributed by atoms with Crippen molar-refractivity contribution < 1.29 is 14.0 Å². The second kappa shape index (κ2) is 7.79. The van der Waals surface area contributed by atoms with Crippen LogP contribution in [0.1, 0.15) is 29.0 Å². The lowest BCUT2D eigenvalue weighted by atomic mass is 10.2. The molecule has 0 fully saturated rings. The minimum absolute atomic E-state index is 0.0750. The van der Waals surface area contributed by atoms with Gasteiger partial charge in [0.15, 0.2) is 5.76 Å². The number of hydrogen-bond acceptors (Lipinski definition) is 3. The Morgan fingerprint density at radius 2 is 2.09 bits per heavy atom. The number of furan rings is 1. The van der Waals surface area contributed by atoms with Gasteiger partial charge in [-0.05, 0) is 49.2 Å². The van der Waals surface area contributed by atoms with Gasteiger partial charge >= 0.3 is 0 Å². The summed E-state index contributed by atoms with van der Waals surface area (Å²) in [5.41, 5.74) is 1.83. The van der Waals surface area contributed by atoms with E-state index < -0.39 is 0 Å². The van der Waals surface area contributed by atoms with Crippen molar-refractivity contribution in [3.8, 4) is 0 Å². The first kappa shape index (κ1) is 16.3. The van der Waals surface area contributed by atoms with Crippen LogP contribution in [-0.2, 0) is 4.79 Å². The first-order valence-electron chi connectivity index (χ1n) is 6.94. The molecule has 0 bridgehead atoms. The molecule has 0 saturated heterocycles. The fraction of sp³-hybridized carbons (Fsp3) is 0.250. The van der Waals surface area contributed by atoms with Gasteiger partial charge in [-0.25, -0.2) is 0 Å². The number of nitrogens with one attached hydrogen (secondary N) is 2. The zero-order chi connectivity index (χ0) is 15.9. The minimum atomic E-state index is -0.269. The summed E-state index contributed by atoms with van der Waals surface area (Å²) >= 11 is 3.42. The molecule has 22 heavy (non-hydrogen) atoms. The van der Waals surface area contributed by atoms with Crippen LogP contribution in [0, 0.1) is 6.92 Å². The highest BCUT2D eigenvalue weighted by Gasteiger charge is 2.08. The highest BCUT2D eigenvalue weighted by molar-refractivity contribution is 9.10. The van der Waals surface area contributed by atoms with Gasteiger partial charge in [0.05, 0.1) is 6.26 Å². The Balaban J connectivity index is 1.69. The summed E-state index contributed by atoms with van der Waals surface area (Å²) in [6.07, 6.45) is 2.35. The molecule has 0 unspecified atom stereocenters. The van der Waals surface area contributed by atoms with Crippen LogP contribution in [-0.4, -0.2) is 18.4 Å². The van der Waals surface area contributed by atoms with Gasteiger partial charge in [-0.3, -0.25) is 9.59 Å². The number of halogens is 1. The van der Waals surface area contributed by atoms with Crippen molar-refractivity contribution in [3.63, 3.8) is 0 Å². The maximum atomic E-state index is 11.8. The van der Waals surface area contributed by atoms with Crippen molar-refractivity contribution in [1.29, 1.82) is 0 Å². The predicted molar refractivity (Wildman–Crippen MR) is 87.8 cm³/mol. The van der Waals surface area contributed by atoms with Crippen LogP contribution in [0.2, 0.25) is 0 Å². The van der Waals surface area contributed by atoms with Crippen molar-refractivity contribution >= 4 is 33.4 Å². The molecule has 1 heterocycles. The summed E-state index contributed by atoms with van der Waals surface area (Å²) in [6, 6.07) is 8.89. The maximum absolute atomic E-state index is 11.8. The molecule has 0 aliphatic rings. The number of aryl methyl sites for hydroxylation is 1. The Bertz CT molecular complexity index is 653. The third-order valence-corrected chi connectivity index (χ3v) is 3.94. The van der Waals surface area contributed by atoms with E-state index in [1.165, 1.54) is 6.26 Å². The van der Waals surface area contributed by atoms with Crippen LogP contribution < -0.4 is 10.6 Å². The molecule has 0 saturated carbocycles. The Labute approximate surface area is 137 Å². The van der Waals surface area contributed by atoms with Crippen LogP contribution in [0.3, 0.4) is 0 Å². The van der Waals surface area contributed by atoms with Crippen LogP contribution in [0.15, 0.2) is 45.5 Å². The first-order valence-corrected chi connectivity index (χ1v) is 7.73. The summed E-state index contributed by atoms with van der Waals surface area (Å²) in [4.78, 5) is 23.4. The normalized spacial score (nSPS) is 10.3. The molecule has 1 aromatic heterocycles. The van der Waals surface area contributed by atoms with Crippen molar-refractivity contribution in [2.45, 2.75) is 19.8 Å². The van der Waals surface area contributed by atoms with Gasteiger partial charge in [-0.2, -0.15) is 0 Å². The summed E-state index contributed by atoms with van der Waals surface area (Å²) in [5, 5.41) is 5.54. The Kier molecular flexibility index (Phi) is 5.77. The van der Waals surface area contributed by atoms with E-state index in [1.54, 1.807) is 12.1 Å². The molecular formula is C16H17BrN2O3. The maximum Gasteiger partial charge on any atom is 0.286 e. The number of amides is 2. The lowest BCUT2D eigenvalue weighted by molar-refractivity contribution is -0.116. The van der Waals surface area contributed by atoms with Gasteiger partial charge in [-0.1, -0.05) is 15.9 Å². The SMILES string of the molecule is Cc1cc(NC(=O)CCCNC(=O)c2ccco2)ccc1Br. The number of anilines is 1. The van der Waals surface area contributed by atoms with E-state index in [0.717, 1.165) is 15.7 Å². The molecule has 1 aromatic carbocycles. The quantitative estimate of drug-likeness (QED) is 0.770. The van der Waals surface area contributed by atoms with Crippen LogP contribution in [0.5, 0.6) is 0 Å². The highest BCUT2D eigenvalue weighted by Crippen LogP contribution is 2.20. The number of rotatable bonds is 6. The van der Waals surface area contributed by atoms with Crippen LogP contribution in [0.25, 0.3) is 0 Å². The van der Waals surface area contributed by atoms with Gasteiger partial charge in [0.2, 0.25) is 5.91 Å². The van der Waals surface area contributed by atoms with E-state index in [2.05, 4.69) is 26.6 Å². The molecule has 0 radical (unpaired) electrons. The highest BCUT2D eigenvalue weighted by atomic mass is 79.9. The van der Waals surface area contributed by atoms with E-state index >= 15 is 0 Å². The van der Waals surface area contributed by atoms with Gasteiger partial charge in [-0.15, -0.1) is 0 Å². The number of benzene rings is 1. The van der Waals surface area contributed by atoms with E-state index in [0.29, 0.717) is 19.4 Å². The van der Waals surface area contributed by atoms with Crippen molar-refractivity contribution in [2.24, 2.45) is 0 Å². The summed E-state index contributed by atoms with van der Waals surface area (Å²) in [7, 11) is 0. The van der Waals surface area contributed by atoms with E-state index in [9.17, 15) is 9.59 Å². The van der Waals surface area contributed by atoms with E-state index in [4.69, 9.17) is 4.42 Å². The summed E-state index contributed by atoms with van der Waals surface area (Å²) < 4.78 is 5.98. The molecule has 2 amide bonds. The second-order valence-corrected chi connectivity index (χ2v) is 5.70. The Morgan fingerprint density at radius 1 is 1.27 bits per heavy atom. The largest absolute Gasteiger partial charge is 0.459 e. The topological polar surface area (TPSA) is 71.3 Å². The summed E-state index contributed by atoms with van der Waals surface area (Å²) in [6.45, 7) is 2.39. The second-order valence-electron chi connectivity index (χ2n) is 4.85. The molecular weight excluding hydrogens is 348 g/mol. The molecule has 2 N–H and O–H groups in total. The average Bonchev–Trinajstić information content (AvgIpc) is 3.01. The molecule has 0 atom stereocenters. The number of hydrogen-bond donors (Lipinski definition) is 2. The minimum Gasteiger partial charge on any atom is -0.459 e. The van der Waals surface area contributed by atoms with Gasteiger partial charge in [0.1, 0.15) is 0 Å². The van der Waals surface area contributed by atoms with Crippen LogP contribution in [0.4, 0.5) is 5.69 Å². The van der Waals surface area contributed by atoms with Gasteiger partial charge < -0.3 is 15.1 Å². The standard InChI is InChI=1S/C16H17BrN2O3/c1-11-10-12(6-7-13(11)17)19-15(20)5-2-8-18-16(21)14-4-3-9-22-14/h3-4,6-7,9-10H,2,5,8H2,1H3,(H,18,21)(H,19,20). The summed E-state index contributed by atoms with van der Waals surface area (Å²) in [5.74, 6) is -0.0716.